The highest BCUT2D eigenvalue weighted by molar-refractivity contribution is 6.52. The number of carbonyl (C=O) groups excluding carboxylic acids is 2. The van der Waals surface area contributed by atoms with E-state index in [0.717, 1.165) is 18.7 Å². The number of rotatable bonds is 4. The summed E-state index contributed by atoms with van der Waals surface area (Å²) in [5.41, 5.74) is 1.73. The van der Waals surface area contributed by atoms with Gasteiger partial charge in [0, 0.05) is 13.6 Å². The predicted molar refractivity (Wildman–Crippen MR) is 77.1 cm³/mol. The molecule has 0 saturated carbocycles. The fourth-order valence-corrected chi connectivity index (χ4v) is 2.45. The Kier molecular flexibility index (Phi) is 3.80. The average molecular weight is 281 g/mol. The van der Waals surface area contributed by atoms with E-state index in [-0.39, 0.29) is 0 Å². The van der Waals surface area contributed by atoms with Crippen molar-refractivity contribution in [1.29, 1.82) is 0 Å². The summed E-state index contributed by atoms with van der Waals surface area (Å²) in [6.45, 7) is 5.18. The molecule has 1 aromatic rings. The number of benzene rings is 1. The van der Waals surface area contributed by atoms with Gasteiger partial charge in [0.1, 0.15) is 0 Å². The first kappa shape index (κ1) is 13.9. The van der Waals surface area contributed by atoms with Crippen molar-refractivity contribution in [3.05, 3.63) is 22.7 Å². The monoisotopic (exact) mass is 280 g/mol. The Morgan fingerprint density at radius 2 is 2.05 bits per heavy atom. The molecule has 1 amide bonds. The maximum Gasteiger partial charge on any atom is 0.296 e. The molecule has 102 valence electrons. The van der Waals surface area contributed by atoms with Gasteiger partial charge in [0.25, 0.3) is 11.7 Å². The number of carbonyl (C=O) groups is 2. The average Bonchev–Trinajstić information content (AvgIpc) is 2.64. The molecule has 1 unspecified atom stereocenters. The van der Waals surface area contributed by atoms with Crippen LogP contribution in [0.2, 0.25) is 5.02 Å². The molecule has 1 atom stereocenters. The van der Waals surface area contributed by atoms with Gasteiger partial charge in [-0.2, -0.15) is 0 Å². The molecule has 0 saturated heterocycles. The number of hydrogen-bond donors (Lipinski definition) is 1. The molecule has 0 aromatic heterocycles. The van der Waals surface area contributed by atoms with Gasteiger partial charge in [-0.05, 0) is 18.1 Å². The molecule has 0 fully saturated rings. The van der Waals surface area contributed by atoms with Crippen LogP contribution in [0.1, 0.15) is 30.6 Å². The molecule has 0 spiro atoms. The SMILES string of the molecule is CCC(C)CN(C)c1cc2c(cc1Cl)C(=O)C(=O)N2. The first-order valence-corrected chi connectivity index (χ1v) is 6.72. The lowest BCUT2D eigenvalue weighted by Crippen LogP contribution is -2.24. The van der Waals surface area contributed by atoms with Crippen LogP contribution in [0.4, 0.5) is 11.4 Å². The van der Waals surface area contributed by atoms with E-state index in [4.69, 9.17) is 11.6 Å². The van der Waals surface area contributed by atoms with Gasteiger partial charge in [-0.15, -0.1) is 0 Å². The van der Waals surface area contributed by atoms with Crippen LogP contribution in [0.15, 0.2) is 12.1 Å². The number of nitrogens with one attached hydrogen (secondary N) is 1. The third kappa shape index (κ3) is 2.59. The van der Waals surface area contributed by atoms with E-state index in [2.05, 4.69) is 19.2 Å². The summed E-state index contributed by atoms with van der Waals surface area (Å²) in [4.78, 5) is 24.9. The quantitative estimate of drug-likeness (QED) is 0.863. The van der Waals surface area contributed by atoms with Crippen molar-refractivity contribution >= 4 is 34.7 Å². The molecule has 1 aliphatic heterocycles. The normalized spacial score (nSPS) is 15.2. The van der Waals surface area contributed by atoms with E-state index >= 15 is 0 Å². The summed E-state index contributed by atoms with van der Waals surface area (Å²) >= 11 is 6.21. The minimum absolute atomic E-state index is 0.357. The zero-order valence-corrected chi connectivity index (χ0v) is 12.0. The number of halogens is 1. The van der Waals surface area contributed by atoms with Crippen LogP contribution >= 0.6 is 11.6 Å². The zero-order chi connectivity index (χ0) is 14.2. The first-order chi connectivity index (χ1) is 8.93. The standard InChI is InChI=1S/C14H17ClN2O2/c1-4-8(2)7-17(3)12-6-11-9(5-10(12)15)13(18)14(19)16-11/h5-6,8H,4,7H2,1-3H3,(H,16,18,19). The van der Waals surface area contributed by atoms with Crippen LogP contribution in [0.3, 0.4) is 0 Å². The molecule has 0 radical (unpaired) electrons. The predicted octanol–water partition coefficient (Wildman–Crippen LogP) is 2.96. The lowest BCUT2D eigenvalue weighted by molar-refractivity contribution is -0.112. The Labute approximate surface area is 117 Å². The van der Waals surface area contributed by atoms with Gasteiger partial charge in [-0.1, -0.05) is 31.9 Å². The summed E-state index contributed by atoms with van der Waals surface area (Å²) < 4.78 is 0. The van der Waals surface area contributed by atoms with E-state index in [0.29, 0.717) is 22.2 Å². The number of anilines is 2. The molecular weight excluding hydrogens is 264 g/mol. The van der Waals surface area contributed by atoms with Crippen molar-refractivity contribution < 1.29 is 9.59 Å². The lowest BCUT2D eigenvalue weighted by atomic mass is 10.1. The van der Waals surface area contributed by atoms with Gasteiger partial charge in [0.15, 0.2) is 0 Å². The third-order valence-electron chi connectivity index (χ3n) is 3.48. The third-order valence-corrected chi connectivity index (χ3v) is 3.78. The second-order valence-electron chi connectivity index (χ2n) is 5.03. The van der Waals surface area contributed by atoms with Crippen molar-refractivity contribution in [2.45, 2.75) is 20.3 Å². The molecule has 1 N–H and O–H groups in total. The summed E-state index contributed by atoms with van der Waals surface area (Å²) in [6, 6.07) is 3.34. The minimum atomic E-state index is -0.590. The fraction of sp³-hybridized carbons (Fsp3) is 0.429. The van der Waals surface area contributed by atoms with Gasteiger partial charge in [-0.3, -0.25) is 9.59 Å². The van der Waals surface area contributed by atoms with Crippen molar-refractivity contribution in [2.24, 2.45) is 5.92 Å². The molecule has 5 heteroatoms. The number of Topliss-reactive ketones (excluding diaryl/α,β-unsaturated/α-hetero) is 1. The van der Waals surface area contributed by atoms with E-state index in [1.54, 1.807) is 12.1 Å². The van der Waals surface area contributed by atoms with Crippen molar-refractivity contribution in [1.82, 2.24) is 0 Å². The van der Waals surface area contributed by atoms with Crippen LogP contribution in [-0.4, -0.2) is 25.3 Å². The molecule has 0 bridgehead atoms. The van der Waals surface area contributed by atoms with Gasteiger partial charge < -0.3 is 10.2 Å². The fourth-order valence-electron chi connectivity index (χ4n) is 2.14. The van der Waals surface area contributed by atoms with Crippen LogP contribution in [-0.2, 0) is 4.79 Å². The van der Waals surface area contributed by atoms with E-state index in [9.17, 15) is 9.59 Å². The largest absolute Gasteiger partial charge is 0.373 e. The van der Waals surface area contributed by atoms with Gasteiger partial charge in [-0.25, -0.2) is 0 Å². The topological polar surface area (TPSA) is 49.4 Å². The number of hydrogen-bond acceptors (Lipinski definition) is 3. The smallest absolute Gasteiger partial charge is 0.296 e. The molecule has 1 aliphatic rings. The highest BCUT2D eigenvalue weighted by Gasteiger charge is 2.29. The second kappa shape index (κ2) is 5.21. The van der Waals surface area contributed by atoms with Crippen LogP contribution in [0.5, 0.6) is 0 Å². The zero-order valence-electron chi connectivity index (χ0n) is 11.3. The Hall–Kier alpha value is -1.55. The highest BCUT2D eigenvalue weighted by atomic mass is 35.5. The summed E-state index contributed by atoms with van der Waals surface area (Å²) in [5.74, 6) is -0.564. The number of nitrogens with zero attached hydrogens (tertiary/aromatic N) is 1. The minimum Gasteiger partial charge on any atom is -0.373 e. The van der Waals surface area contributed by atoms with E-state index in [1.807, 2.05) is 11.9 Å². The van der Waals surface area contributed by atoms with Gasteiger partial charge >= 0.3 is 0 Å². The highest BCUT2D eigenvalue weighted by Crippen LogP contribution is 2.34. The second-order valence-corrected chi connectivity index (χ2v) is 5.43. The molecular formula is C14H17ClN2O2. The number of ketones is 1. The molecule has 0 aliphatic carbocycles. The lowest BCUT2D eigenvalue weighted by Gasteiger charge is -2.24. The first-order valence-electron chi connectivity index (χ1n) is 6.34. The van der Waals surface area contributed by atoms with Crippen molar-refractivity contribution in [3.8, 4) is 0 Å². The van der Waals surface area contributed by atoms with Crippen LogP contribution in [0, 0.1) is 5.92 Å². The Morgan fingerprint density at radius 3 is 2.68 bits per heavy atom. The van der Waals surface area contributed by atoms with Gasteiger partial charge in [0.05, 0.1) is 22.0 Å². The summed E-state index contributed by atoms with van der Waals surface area (Å²) in [5, 5.41) is 3.06. The summed E-state index contributed by atoms with van der Waals surface area (Å²) in [7, 11) is 1.96. The van der Waals surface area contributed by atoms with Gasteiger partial charge in [0.2, 0.25) is 0 Å². The molecule has 4 nitrogen and oxygen atoms in total. The number of fused-ring (bicyclic) bond motifs is 1. The van der Waals surface area contributed by atoms with Crippen molar-refractivity contribution in [3.63, 3.8) is 0 Å². The van der Waals surface area contributed by atoms with Crippen LogP contribution < -0.4 is 10.2 Å². The number of amides is 1. The summed E-state index contributed by atoms with van der Waals surface area (Å²) in [6.07, 6.45) is 1.09. The Balaban J connectivity index is 2.32. The maximum absolute atomic E-state index is 11.6. The Morgan fingerprint density at radius 1 is 1.37 bits per heavy atom. The molecule has 19 heavy (non-hydrogen) atoms. The molecule has 2 rings (SSSR count). The van der Waals surface area contributed by atoms with Crippen molar-refractivity contribution in [2.75, 3.05) is 23.8 Å². The van der Waals surface area contributed by atoms with E-state index < -0.39 is 11.7 Å². The molecule has 1 aromatic carbocycles. The maximum atomic E-state index is 11.6. The van der Waals surface area contributed by atoms with Crippen LogP contribution in [0.25, 0.3) is 0 Å². The Bertz CT molecular complexity index is 542. The van der Waals surface area contributed by atoms with E-state index in [1.165, 1.54) is 0 Å². The molecule has 1 heterocycles.